The van der Waals surface area contributed by atoms with Crippen LogP contribution in [0.4, 0.5) is 16.2 Å². The van der Waals surface area contributed by atoms with Crippen LogP contribution in [0, 0.1) is 0 Å². The lowest BCUT2D eigenvalue weighted by molar-refractivity contribution is -0.129. The van der Waals surface area contributed by atoms with Gasteiger partial charge in [-0.2, -0.15) is 0 Å². The first kappa shape index (κ1) is 12.9. The number of urea groups is 1. The number of benzene rings is 1. The Morgan fingerprint density at radius 1 is 1.37 bits per heavy atom. The van der Waals surface area contributed by atoms with Crippen molar-refractivity contribution in [3.8, 4) is 0 Å². The highest BCUT2D eigenvalue weighted by Crippen LogP contribution is 2.15. The molecule has 0 bridgehead atoms. The molecule has 7 heteroatoms. The summed E-state index contributed by atoms with van der Waals surface area (Å²) in [6.07, 6.45) is 0. The second kappa shape index (κ2) is 4.97. The van der Waals surface area contributed by atoms with E-state index in [0.717, 1.165) is 4.90 Å². The maximum Gasteiger partial charge on any atom is 0.325 e. The summed E-state index contributed by atoms with van der Waals surface area (Å²) in [4.78, 5) is 37.0. The molecule has 0 aromatic heterocycles. The molecule has 100 valence electrons. The minimum Gasteiger partial charge on any atom is -0.399 e. The molecule has 1 aromatic carbocycles. The van der Waals surface area contributed by atoms with E-state index in [1.54, 1.807) is 31.3 Å². The Balaban J connectivity index is 2.05. The maximum absolute atomic E-state index is 12.0. The van der Waals surface area contributed by atoms with Gasteiger partial charge in [-0.25, -0.2) is 4.79 Å². The van der Waals surface area contributed by atoms with Crippen molar-refractivity contribution in [3.63, 3.8) is 0 Å². The standard InChI is InChI=1S/C12H14N4O3/c1-15(9-4-2-8(13)3-5-9)11(18)7-16-10(17)6-14-12(16)19/h2-5H,6-7,13H2,1H3,(H,14,19). The van der Waals surface area contributed by atoms with Crippen molar-refractivity contribution in [1.29, 1.82) is 0 Å². The van der Waals surface area contributed by atoms with Gasteiger partial charge in [0.05, 0.1) is 6.54 Å². The number of nitrogens with one attached hydrogen (secondary N) is 1. The summed E-state index contributed by atoms with van der Waals surface area (Å²) in [6.45, 7) is -0.330. The number of imide groups is 1. The number of carbonyl (C=O) groups excluding carboxylic acids is 3. The van der Waals surface area contributed by atoms with Crippen LogP contribution in [0.2, 0.25) is 0 Å². The molecule has 1 aliphatic heterocycles. The van der Waals surface area contributed by atoms with Crippen LogP contribution in [0.15, 0.2) is 24.3 Å². The number of nitrogens with zero attached hydrogens (tertiary/aromatic N) is 2. The number of nitrogens with two attached hydrogens (primary N) is 1. The number of hydrogen-bond acceptors (Lipinski definition) is 4. The van der Waals surface area contributed by atoms with Crippen LogP contribution in [0.3, 0.4) is 0 Å². The minimum absolute atomic E-state index is 0.0578. The molecule has 1 aromatic rings. The summed E-state index contributed by atoms with van der Waals surface area (Å²) < 4.78 is 0. The van der Waals surface area contributed by atoms with Gasteiger partial charge in [0.1, 0.15) is 6.54 Å². The van der Waals surface area contributed by atoms with E-state index in [0.29, 0.717) is 11.4 Å². The van der Waals surface area contributed by atoms with Gasteiger partial charge in [0, 0.05) is 18.4 Å². The van der Waals surface area contributed by atoms with Crippen LogP contribution in [-0.2, 0) is 9.59 Å². The van der Waals surface area contributed by atoms with E-state index in [-0.39, 0.29) is 19.0 Å². The van der Waals surface area contributed by atoms with Gasteiger partial charge in [0.15, 0.2) is 0 Å². The average molecular weight is 262 g/mol. The maximum atomic E-state index is 12.0. The third-order valence-corrected chi connectivity index (χ3v) is 2.88. The number of anilines is 2. The number of amides is 4. The molecule has 1 heterocycles. The first-order valence-electron chi connectivity index (χ1n) is 5.69. The van der Waals surface area contributed by atoms with Crippen molar-refractivity contribution in [3.05, 3.63) is 24.3 Å². The molecule has 3 N–H and O–H groups in total. The molecule has 7 nitrogen and oxygen atoms in total. The lowest BCUT2D eigenvalue weighted by Crippen LogP contribution is -2.41. The van der Waals surface area contributed by atoms with E-state index < -0.39 is 11.9 Å². The van der Waals surface area contributed by atoms with Gasteiger partial charge >= 0.3 is 6.03 Å². The molecule has 0 spiro atoms. The van der Waals surface area contributed by atoms with Gasteiger partial charge < -0.3 is 16.0 Å². The third-order valence-electron chi connectivity index (χ3n) is 2.88. The molecule has 19 heavy (non-hydrogen) atoms. The molecular weight excluding hydrogens is 248 g/mol. The third kappa shape index (κ3) is 2.65. The molecule has 1 saturated heterocycles. The Kier molecular flexibility index (Phi) is 3.37. The fourth-order valence-corrected chi connectivity index (χ4v) is 1.70. The fraction of sp³-hybridized carbons (Fsp3) is 0.250. The highest BCUT2D eigenvalue weighted by atomic mass is 16.2. The molecule has 0 atom stereocenters. The normalized spacial score (nSPS) is 14.5. The predicted octanol–water partition coefficient (Wildman–Crippen LogP) is -0.217. The Morgan fingerprint density at radius 2 is 2.00 bits per heavy atom. The monoisotopic (exact) mass is 262 g/mol. The van der Waals surface area contributed by atoms with E-state index in [1.165, 1.54) is 4.90 Å². The van der Waals surface area contributed by atoms with Crippen LogP contribution >= 0.6 is 0 Å². The van der Waals surface area contributed by atoms with Crippen LogP contribution < -0.4 is 16.0 Å². The van der Waals surface area contributed by atoms with Gasteiger partial charge in [0.25, 0.3) is 5.91 Å². The molecule has 0 saturated carbocycles. The van der Waals surface area contributed by atoms with Crippen molar-refractivity contribution >= 4 is 29.2 Å². The molecule has 1 aliphatic rings. The molecule has 0 aliphatic carbocycles. The first-order valence-corrected chi connectivity index (χ1v) is 5.69. The van der Waals surface area contributed by atoms with Crippen LogP contribution in [0.1, 0.15) is 0 Å². The van der Waals surface area contributed by atoms with E-state index in [2.05, 4.69) is 5.32 Å². The van der Waals surface area contributed by atoms with Crippen molar-refractivity contribution < 1.29 is 14.4 Å². The van der Waals surface area contributed by atoms with E-state index in [9.17, 15) is 14.4 Å². The van der Waals surface area contributed by atoms with Crippen molar-refractivity contribution in [1.82, 2.24) is 10.2 Å². The molecule has 2 rings (SSSR count). The summed E-state index contributed by atoms with van der Waals surface area (Å²) in [5.74, 6) is -0.751. The van der Waals surface area contributed by atoms with Crippen molar-refractivity contribution in [2.45, 2.75) is 0 Å². The topological polar surface area (TPSA) is 95.7 Å². The number of nitrogen functional groups attached to an aromatic ring is 1. The van der Waals surface area contributed by atoms with Crippen LogP contribution in [-0.4, -0.2) is 42.9 Å². The summed E-state index contributed by atoms with van der Waals surface area (Å²) in [6, 6.07) is 6.20. The second-order valence-corrected chi connectivity index (χ2v) is 4.18. The Hall–Kier alpha value is -2.57. The smallest absolute Gasteiger partial charge is 0.325 e. The zero-order valence-corrected chi connectivity index (χ0v) is 10.4. The average Bonchev–Trinajstić information content (AvgIpc) is 2.70. The van der Waals surface area contributed by atoms with Crippen molar-refractivity contribution in [2.24, 2.45) is 0 Å². The highest BCUT2D eigenvalue weighted by molar-refractivity contribution is 6.06. The Labute approximate surface area is 110 Å². The Bertz CT molecular complexity index is 510. The lowest BCUT2D eigenvalue weighted by Gasteiger charge is -2.20. The van der Waals surface area contributed by atoms with Gasteiger partial charge in [-0.1, -0.05) is 0 Å². The zero-order chi connectivity index (χ0) is 14.0. The van der Waals surface area contributed by atoms with E-state index in [1.807, 2.05) is 0 Å². The predicted molar refractivity (Wildman–Crippen MR) is 69.4 cm³/mol. The molecular formula is C12H14N4O3. The van der Waals surface area contributed by atoms with Gasteiger partial charge in [-0.3, -0.25) is 14.5 Å². The van der Waals surface area contributed by atoms with Crippen molar-refractivity contribution in [2.75, 3.05) is 30.8 Å². The summed E-state index contributed by atoms with van der Waals surface area (Å²) in [5.41, 5.74) is 6.80. The largest absolute Gasteiger partial charge is 0.399 e. The van der Waals surface area contributed by atoms with E-state index >= 15 is 0 Å². The molecule has 0 radical (unpaired) electrons. The number of carbonyl (C=O) groups is 3. The van der Waals surface area contributed by atoms with Gasteiger partial charge in [-0.15, -0.1) is 0 Å². The second-order valence-electron chi connectivity index (χ2n) is 4.18. The molecule has 1 fully saturated rings. The number of likely N-dealkylation sites (N-methyl/N-ethyl adjacent to an activating group) is 1. The quantitative estimate of drug-likeness (QED) is 0.581. The summed E-state index contributed by atoms with van der Waals surface area (Å²) in [5, 5.41) is 2.36. The van der Waals surface area contributed by atoms with Gasteiger partial charge in [0.2, 0.25) is 5.91 Å². The molecule has 0 unspecified atom stereocenters. The van der Waals surface area contributed by atoms with Crippen LogP contribution in [0.25, 0.3) is 0 Å². The fourth-order valence-electron chi connectivity index (χ4n) is 1.70. The minimum atomic E-state index is -0.538. The number of rotatable bonds is 3. The van der Waals surface area contributed by atoms with Gasteiger partial charge in [-0.05, 0) is 24.3 Å². The summed E-state index contributed by atoms with van der Waals surface area (Å²) in [7, 11) is 1.58. The van der Waals surface area contributed by atoms with Crippen LogP contribution in [0.5, 0.6) is 0 Å². The first-order chi connectivity index (χ1) is 8.99. The Morgan fingerprint density at radius 3 is 2.53 bits per heavy atom. The zero-order valence-electron chi connectivity index (χ0n) is 10.4. The molecule has 4 amide bonds. The van der Waals surface area contributed by atoms with E-state index in [4.69, 9.17) is 5.73 Å². The SMILES string of the molecule is CN(C(=O)CN1C(=O)CNC1=O)c1ccc(N)cc1. The highest BCUT2D eigenvalue weighted by Gasteiger charge is 2.31. The summed E-state index contributed by atoms with van der Waals surface area (Å²) >= 11 is 0. The lowest BCUT2D eigenvalue weighted by atomic mass is 10.2. The number of hydrogen-bond donors (Lipinski definition) is 2.